The van der Waals surface area contributed by atoms with E-state index in [1.165, 1.54) is 4.90 Å². The standard InChI is InChI=1S/C11H17NO4/c1-7-8(2)10(14)12(9(7)13)5-11(15)3-4-16-6-11/h7-8,15H,3-6H2,1-2H3. The van der Waals surface area contributed by atoms with Crippen molar-refractivity contribution in [1.82, 2.24) is 4.90 Å². The third-order valence-corrected chi connectivity index (χ3v) is 3.60. The molecule has 3 unspecified atom stereocenters. The molecule has 2 saturated heterocycles. The van der Waals surface area contributed by atoms with Gasteiger partial charge in [-0.15, -0.1) is 0 Å². The van der Waals surface area contributed by atoms with E-state index in [0.717, 1.165) is 0 Å². The van der Waals surface area contributed by atoms with Gasteiger partial charge >= 0.3 is 0 Å². The van der Waals surface area contributed by atoms with E-state index >= 15 is 0 Å². The van der Waals surface area contributed by atoms with Gasteiger partial charge in [0.25, 0.3) is 0 Å². The largest absolute Gasteiger partial charge is 0.386 e. The number of amides is 2. The van der Waals surface area contributed by atoms with E-state index in [9.17, 15) is 14.7 Å². The topological polar surface area (TPSA) is 66.8 Å². The summed E-state index contributed by atoms with van der Waals surface area (Å²) in [6.45, 7) is 4.25. The summed E-state index contributed by atoms with van der Waals surface area (Å²) in [7, 11) is 0. The average molecular weight is 227 g/mol. The molecule has 5 nitrogen and oxygen atoms in total. The Morgan fingerprint density at radius 2 is 1.94 bits per heavy atom. The van der Waals surface area contributed by atoms with Crippen LogP contribution in [0.5, 0.6) is 0 Å². The second kappa shape index (κ2) is 3.82. The van der Waals surface area contributed by atoms with Gasteiger partial charge in [0.15, 0.2) is 0 Å². The monoisotopic (exact) mass is 227 g/mol. The molecule has 0 spiro atoms. The summed E-state index contributed by atoms with van der Waals surface area (Å²) >= 11 is 0. The molecule has 2 aliphatic rings. The van der Waals surface area contributed by atoms with Gasteiger partial charge in [-0.05, 0) is 0 Å². The third-order valence-electron chi connectivity index (χ3n) is 3.60. The van der Waals surface area contributed by atoms with Crippen LogP contribution in [0.3, 0.4) is 0 Å². The number of rotatable bonds is 2. The van der Waals surface area contributed by atoms with Gasteiger partial charge in [0, 0.05) is 24.9 Å². The van der Waals surface area contributed by atoms with E-state index in [0.29, 0.717) is 13.0 Å². The van der Waals surface area contributed by atoms with Crippen LogP contribution in [0.4, 0.5) is 0 Å². The van der Waals surface area contributed by atoms with Crippen molar-refractivity contribution in [3.05, 3.63) is 0 Å². The van der Waals surface area contributed by atoms with Crippen LogP contribution in [0.2, 0.25) is 0 Å². The number of hydrogen-bond acceptors (Lipinski definition) is 4. The Bertz CT molecular complexity index is 302. The number of ether oxygens (including phenoxy) is 1. The Morgan fingerprint density at radius 3 is 2.38 bits per heavy atom. The van der Waals surface area contributed by atoms with E-state index in [4.69, 9.17) is 4.74 Å². The molecule has 0 radical (unpaired) electrons. The fourth-order valence-electron chi connectivity index (χ4n) is 2.20. The molecule has 2 heterocycles. The summed E-state index contributed by atoms with van der Waals surface area (Å²) in [5.74, 6) is -0.924. The minimum absolute atomic E-state index is 0.0688. The highest BCUT2D eigenvalue weighted by Crippen LogP contribution is 2.29. The summed E-state index contributed by atoms with van der Waals surface area (Å²) in [5, 5.41) is 10.1. The van der Waals surface area contributed by atoms with Crippen LogP contribution < -0.4 is 0 Å². The summed E-state index contributed by atoms with van der Waals surface area (Å²) < 4.78 is 5.10. The van der Waals surface area contributed by atoms with Gasteiger partial charge in [0.2, 0.25) is 11.8 Å². The molecule has 2 fully saturated rings. The maximum Gasteiger partial charge on any atom is 0.232 e. The van der Waals surface area contributed by atoms with Gasteiger partial charge in [0.05, 0.1) is 13.2 Å². The second-order valence-electron chi connectivity index (χ2n) is 4.87. The molecular weight excluding hydrogens is 210 g/mol. The zero-order valence-electron chi connectivity index (χ0n) is 9.60. The molecule has 2 aliphatic heterocycles. The lowest BCUT2D eigenvalue weighted by molar-refractivity contribution is -0.144. The number of aliphatic hydroxyl groups is 1. The molecule has 0 saturated carbocycles. The zero-order chi connectivity index (χ0) is 11.9. The highest BCUT2D eigenvalue weighted by atomic mass is 16.5. The molecule has 2 amide bonds. The van der Waals surface area contributed by atoms with Crippen molar-refractivity contribution in [3.63, 3.8) is 0 Å². The first-order chi connectivity index (χ1) is 7.44. The normalized spacial score (nSPS) is 39.8. The van der Waals surface area contributed by atoms with Gasteiger partial charge in [-0.2, -0.15) is 0 Å². The van der Waals surface area contributed by atoms with Gasteiger partial charge in [0.1, 0.15) is 5.60 Å². The molecule has 90 valence electrons. The highest BCUT2D eigenvalue weighted by Gasteiger charge is 2.46. The fourth-order valence-corrected chi connectivity index (χ4v) is 2.20. The zero-order valence-corrected chi connectivity index (χ0v) is 9.60. The van der Waals surface area contributed by atoms with E-state index in [1.54, 1.807) is 13.8 Å². The van der Waals surface area contributed by atoms with Crippen molar-refractivity contribution < 1.29 is 19.4 Å². The third kappa shape index (κ3) is 1.74. The maximum atomic E-state index is 11.8. The Kier molecular flexibility index (Phi) is 2.75. The summed E-state index contributed by atoms with van der Waals surface area (Å²) in [4.78, 5) is 24.8. The molecule has 5 heteroatoms. The number of hydrogen-bond donors (Lipinski definition) is 1. The number of β-amino-alcohol motifs (C(OH)–C–C–N with tert-alkyl or cyclic N) is 1. The van der Waals surface area contributed by atoms with Gasteiger partial charge in [-0.25, -0.2) is 0 Å². The van der Waals surface area contributed by atoms with Crippen LogP contribution in [0.15, 0.2) is 0 Å². The van der Waals surface area contributed by atoms with Crippen molar-refractivity contribution >= 4 is 11.8 Å². The van der Waals surface area contributed by atoms with Crippen molar-refractivity contribution in [2.75, 3.05) is 19.8 Å². The minimum atomic E-state index is -1.05. The number of carbonyl (C=O) groups excluding carboxylic acids is 2. The number of imide groups is 1. The molecule has 0 aromatic heterocycles. The Morgan fingerprint density at radius 1 is 1.38 bits per heavy atom. The molecule has 0 aliphatic carbocycles. The lowest BCUT2D eigenvalue weighted by atomic mass is 10.00. The second-order valence-corrected chi connectivity index (χ2v) is 4.87. The fraction of sp³-hybridized carbons (Fsp3) is 0.818. The summed E-state index contributed by atoms with van der Waals surface area (Å²) in [6.07, 6.45) is 0.479. The van der Waals surface area contributed by atoms with E-state index in [-0.39, 0.29) is 36.8 Å². The predicted molar refractivity (Wildman–Crippen MR) is 55.4 cm³/mol. The Balaban J connectivity index is 2.10. The van der Waals surface area contributed by atoms with Crippen LogP contribution in [0.1, 0.15) is 20.3 Å². The van der Waals surface area contributed by atoms with Crippen LogP contribution >= 0.6 is 0 Å². The molecule has 2 rings (SSSR count). The van der Waals surface area contributed by atoms with Crippen molar-refractivity contribution in [2.45, 2.75) is 25.9 Å². The SMILES string of the molecule is CC1C(=O)N(CC2(O)CCOC2)C(=O)C1C. The van der Waals surface area contributed by atoms with Gasteiger partial charge in [-0.3, -0.25) is 14.5 Å². The summed E-state index contributed by atoms with van der Waals surface area (Å²) in [5.41, 5.74) is -1.05. The number of nitrogens with zero attached hydrogens (tertiary/aromatic N) is 1. The Labute approximate surface area is 94.4 Å². The predicted octanol–water partition coefficient (Wildman–Crippen LogP) is -0.221. The number of likely N-dealkylation sites (tertiary alicyclic amines) is 1. The number of carbonyl (C=O) groups is 2. The van der Waals surface area contributed by atoms with Gasteiger partial charge < -0.3 is 9.84 Å². The lowest BCUT2D eigenvalue weighted by Crippen LogP contribution is -2.46. The first-order valence-corrected chi connectivity index (χ1v) is 5.60. The minimum Gasteiger partial charge on any atom is -0.386 e. The lowest BCUT2D eigenvalue weighted by Gasteiger charge is -2.26. The highest BCUT2D eigenvalue weighted by molar-refractivity contribution is 6.04. The van der Waals surface area contributed by atoms with Gasteiger partial charge in [-0.1, -0.05) is 13.8 Å². The molecule has 1 N–H and O–H groups in total. The van der Waals surface area contributed by atoms with Crippen molar-refractivity contribution in [1.29, 1.82) is 0 Å². The van der Waals surface area contributed by atoms with Crippen molar-refractivity contribution in [3.8, 4) is 0 Å². The maximum absolute atomic E-state index is 11.8. The first kappa shape index (κ1) is 11.5. The van der Waals surface area contributed by atoms with Crippen LogP contribution in [0.25, 0.3) is 0 Å². The molecule has 16 heavy (non-hydrogen) atoms. The Hall–Kier alpha value is -0.940. The molecule has 0 aromatic carbocycles. The average Bonchev–Trinajstić information content (AvgIpc) is 2.75. The van der Waals surface area contributed by atoms with Crippen LogP contribution in [0, 0.1) is 11.8 Å². The molecular formula is C11H17NO4. The van der Waals surface area contributed by atoms with Crippen LogP contribution in [-0.2, 0) is 14.3 Å². The van der Waals surface area contributed by atoms with E-state index in [2.05, 4.69) is 0 Å². The van der Waals surface area contributed by atoms with Crippen molar-refractivity contribution in [2.24, 2.45) is 11.8 Å². The summed E-state index contributed by atoms with van der Waals surface area (Å²) in [6, 6.07) is 0. The van der Waals surface area contributed by atoms with Crippen LogP contribution in [-0.4, -0.2) is 47.2 Å². The molecule has 3 atom stereocenters. The molecule has 0 aromatic rings. The molecule has 0 bridgehead atoms. The first-order valence-electron chi connectivity index (χ1n) is 5.60. The van der Waals surface area contributed by atoms with E-state index in [1.807, 2.05) is 0 Å². The smallest absolute Gasteiger partial charge is 0.232 e. The quantitative estimate of drug-likeness (QED) is 0.662. The van der Waals surface area contributed by atoms with E-state index < -0.39 is 5.60 Å².